The van der Waals surface area contributed by atoms with Crippen molar-refractivity contribution in [3.05, 3.63) is 50.1 Å². The minimum absolute atomic E-state index is 0.124. The van der Waals surface area contributed by atoms with E-state index in [0.29, 0.717) is 20.5 Å². The van der Waals surface area contributed by atoms with Crippen LogP contribution in [0.1, 0.15) is 35.9 Å². The number of amides is 1. The SMILES string of the molecule is CCc1nnc(NC(=O)CSc2nc3scc(-c4ccc5c(c4)CCCC5)c3c(=O)[nH]2)s1. The van der Waals surface area contributed by atoms with E-state index in [-0.39, 0.29) is 17.2 Å². The summed E-state index contributed by atoms with van der Waals surface area (Å²) in [5.74, 6) is -0.0871. The van der Waals surface area contributed by atoms with Gasteiger partial charge in [0.25, 0.3) is 5.56 Å². The van der Waals surface area contributed by atoms with E-state index >= 15 is 0 Å². The molecule has 4 aromatic rings. The number of benzene rings is 1. The number of nitrogens with one attached hydrogen (secondary N) is 2. The maximum Gasteiger partial charge on any atom is 0.260 e. The molecular weight excluding hydrogens is 462 g/mol. The summed E-state index contributed by atoms with van der Waals surface area (Å²) in [6.45, 7) is 1.99. The number of aromatic nitrogens is 4. The standard InChI is InChI=1S/C22H21N5O2S3/c1-2-17-26-27-22(32-17)23-16(28)11-31-21-24-19(29)18-15(10-30-20(18)25-21)14-8-7-12-5-3-4-6-13(12)9-14/h7-10H,2-6,11H2,1H3,(H,23,27,28)(H,24,25,29). The van der Waals surface area contributed by atoms with Crippen LogP contribution in [0.3, 0.4) is 0 Å². The molecule has 1 aliphatic carbocycles. The Morgan fingerprint density at radius 1 is 1.22 bits per heavy atom. The Hall–Kier alpha value is -2.56. The van der Waals surface area contributed by atoms with Crippen molar-refractivity contribution < 1.29 is 4.79 Å². The summed E-state index contributed by atoms with van der Waals surface area (Å²) in [4.78, 5) is 33.2. The van der Waals surface area contributed by atoms with E-state index in [1.54, 1.807) is 0 Å². The summed E-state index contributed by atoms with van der Waals surface area (Å²) in [5, 5.41) is 15.1. The number of rotatable bonds is 6. The summed E-state index contributed by atoms with van der Waals surface area (Å²) < 4.78 is 0. The second-order valence-corrected chi connectivity index (χ2v) is 10.5. The predicted octanol–water partition coefficient (Wildman–Crippen LogP) is 4.68. The summed E-state index contributed by atoms with van der Waals surface area (Å²) >= 11 is 4.01. The van der Waals surface area contributed by atoms with Crippen LogP contribution < -0.4 is 10.9 Å². The molecule has 32 heavy (non-hydrogen) atoms. The molecule has 0 saturated heterocycles. The first kappa shape index (κ1) is 21.3. The lowest BCUT2D eigenvalue weighted by atomic mass is 9.89. The van der Waals surface area contributed by atoms with Gasteiger partial charge in [0.1, 0.15) is 9.84 Å². The van der Waals surface area contributed by atoms with Crippen LogP contribution in [-0.2, 0) is 24.1 Å². The Morgan fingerprint density at radius 2 is 2.06 bits per heavy atom. The Kier molecular flexibility index (Phi) is 6.07. The highest BCUT2D eigenvalue weighted by atomic mass is 32.2. The fourth-order valence-corrected chi connectivity index (χ4v) is 6.21. The number of aryl methyl sites for hydroxylation is 3. The van der Waals surface area contributed by atoms with Crippen LogP contribution in [0.25, 0.3) is 21.3 Å². The Labute approximate surface area is 196 Å². The minimum atomic E-state index is -0.211. The third-order valence-corrected chi connectivity index (χ3v) is 8.17. The monoisotopic (exact) mass is 483 g/mol. The number of fused-ring (bicyclic) bond motifs is 2. The average molecular weight is 484 g/mol. The number of hydrogen-bond donors (Lipinski definition) is 2. The molecule has 0 radical (unpaired) electrons. The van der Waals surface area contributed by atoms with Gasteiger partial charge in [0.05, 0.1) is 11.1 Å². The van der Waals surface area contributed by atoms with Crippen molar-refractivity contribution >= 4 is 55.7 Å². The third-order valence-electron chi connectivity index (χ3n) is 5.44. The number of anilines is 1. The Bertz CT molecular complexity index is 1360. The number of aromatic amines is 1. The van der Waals surface area contributed by atoms with Gasteiger partial charge in [0.2, 0.25) is 11.0 Å². The highest BCUT2D eigenvalue weighted by Crippen LogP contribution is 2.34. The van der Waals surface area contributed by atoms with E-state index in [2.05, 4.69) is 43.7 Å². The van der Waals surface area contributed by atoms with Gasteiger partial charge in [0.15, 0.2) is 5.16 Å². The average Bonchev–Trinajstić information content (AvgIpc) is 3.44. The van der Waals surface area contributed by atoms with Crippen LogP contribution >= 0.6 is 34.4 Å². The maximum absolute atomic E-state index is 12.9. The predicted molar refractivity (Wildman–Crippen MR) is 131 cm³/mol. The zero-order valence-corrected chi connectivity index (χ0v) is 19.9. The van der Waals surface area contributed by atoms with Crippen LogP contribution in [-0.4, -0.2) is 31.8 Å². The first-order valence-electron chi connectivity index (χ1n) is 10.5. The molecular formula is C22H21N5O2S3. The van der Waals surface area contributed by atoms with Crippen molar-refractivity contribution in [3.8, 4) is 11.1 Å². The molecule has 3 heterocycles. The topological polar surface area (TPSA) is 101 Å². The Morgan fingerprint density at radius 3 is 2.88 bits per heavy atom. The molecule has 7 nitrogen and oxygen atoms in total. The Balaban J connectivity index is 1.33. The van der Waals surface area contributed by atoms with Crippen molar-refractivity contribution in [2.75, 3.05) is 11.1 Å². The molecule has 164 valence electrons. The van der Waals surface area contributed by atoms with E-state index in [9.17, 15) is 9.59 Å². The minimum Gasteiger partial charge on any atom is -0.301 e. The highest BCUT2D eigenvalue weighted by molar-refractivity contribution is 7.99. The maximum atomic E-state index is 12.9. The number of nitrogens with zero attached hydrogens (tertiary/aromatic N) is 3. The van der Waals surface area contributed by atoms with Gasteiger partial charge >= 0.3 is 0 Å². The molecule has 5 rings (SSSR count). The molecule has 0 aliphatic heterocycles. The molecule has 0 saturated carbocycles. The number of carbonyl (C=O) groups excluding carboxylic acids is 1. The van der Waals surface area contributed by atoms with E-state index < -0.39 is 0 Å². The van der Waals surface area contributed by atoms with Crippen LogP contribution in [0.15, 0.2) is 33.5 Å². The van der Waals surface area contributed by atoms with Crippen LogP contribution in [0, 0.1) is 0 Å². The molecule has 2 N–H and O–H groups in total. The summed E-state index contributed by atoms with van der Waals surface area (Å²) in [6.07, 6.45) is 5.47. The van der Waals surface area contributed by atoms with E-state index in [4.69, 9.17) is 0 Å². The van der Waals surface area contributed by atoms with Gasteiger partial charge in [-0.3, -0.25) is 14.9 Å². The summed E-state index contributed by atoms with van der Waals surface area (Å²) in [5.41, 5.74) is 4.61. The van der Waals surface area contributed by atoms with Gasteiger partial charge in [-0.05, 0) is 48.8 Å². The van der Waals surface area contributed by atoms with Crippen molar-refractivity contribution in [1.82, 2.24) is 20.2 Å². The van der Waals surface area contributed by atoms with Gasteiger partial charge in [-0.1, -0.05) is 48.2 Å². The fraction of sp³-hybridized carbons (Fsp3) is 0.318. The van der Waals surface area contributed by atoms with Crippen molar-refractivity contribution in [2.24, 2.45) is 0 Å². The molecule has 0 bridgehead atoms. The fourth-order valence-electron chi connectivity index (χ4n) is 3.85. The molecule has 10 heteroatoms. The second kappa shape index (κ2) is 9.13. The van der Waals surface area contributed by atoms with Gasteiger partial charge in [0, 0.05) is 10.9 Å². The third kappa shape index (κ3) is 4.35. The van der Waals surface area contributed by atoms with E-state index in [1.807, 2.05) is 12.3 Å². The van der Waals surface area contributed by atoms with Gasteiger partial charge in [-0.15, -0.1) is 21.5 Å². The quantitative estimate of drug-likeness (QED) is 0.305. The first-order valence-corrected chi connectivity index (χ1v) is 13.2. The summed E-state index contributed by atoms with van der Waals surface area (Å²) in [7, 11) is 0. The lowest BCUT2D eigenvalue weighted by Gasteiger charge is -2.16. The molecule has 3 aromatic heterocycles. The zero-order chi connectivity index (χ0) is 22.1. The molecule has 1 aromatic carbocycles. The molecule has 0 fully saturated rings. The van der Waals surface area contributed by atoms with Crippen molar-refractivity contribution in [3.63, 3.8) is 0 Å². The van der Waals surface area contributed by atoms with Crippen molar-refractivity contribution in [2.45, 2.75) is 44.2 Å². The normalized spacial score (nSPS) is 13.3. The lowest BCUT2D eigenvalue weighted by Crippen LogP contribution is -2.15. The summed E-state index contributed by atoms with van der Waals surface area (Å²) in [6, 6.07) is 6.52. The van der Waals surface area contributed by atoms with Gasteiger partial charge < -0.3 is 4.98 Å². The molecule has 1 aliphatic rings. The van der Waals surface area contributed by atoms with Crippen LogP contribution in [0.5, 0.6) is 0 Å². The van der Waals surface area contributed by atoms with Crippen LogP contribution in [0.2, 0.25) is 0 Å². The van der Waals surface area contributed by atoms with Gasteiger partial charge in [-0.2, -0.15) is 0 Å². The second-order valence-electron chi connectivity index (χ2n) is 7.58. The number of thioether (sulfide) groups is 1. The van der Waals surface area contributed by atoms with E-state index in [1.165, 1.54) is 58.4 Å². The lowest BCUT2D eigenvalue weighted by molar-refractivity contribution is -0.113. The largest absolute Gasteiger partial charge is 0.301 e. The van der Waals surface area contributed by atoms with E-state index in [0.717, 1.165) is 35.4 Å². The first-order chi connectivity index (χ1) is 15.6. The van der Waals surface area contributed by atoms with Gasteiger partial charge in [-0.25, -0.2) is 4.98 Å². The number of hydrogen-bond acceptors (Lipinski definition) is 8. The van der Waals surface area contributed by atoms with Crippen molar-refractivity contribution in [1.29, 1.82) is 0 Å². The van der Waals surface area contributed by atoms with Crippen LogP contribution in [0.4, 0.5) is 5.13 Å². The molecule has 0 atom stereocenters. The number of thiophene rings is 1. The molecule has 0 spiro atoms. The molecule has 1 amide bonds. The molecule has 0 unspecified atom stereocenters. The zero-order valence-electron chi connectivity index (χ0n) is 17.4. The smallest absolute Gasteiger partial charge is 0.260 e. The number of H-pyrrole nitrogens is 1. The number of carbonyl (C=O) groups is 1. The highest BCUT2D eigenvalue weighted by Gasteiger charge is 2.16.